The average molecular weight is 390 g/mol. The van der Waals surface area contributed by atoms with Crippen molar-refractivity contribution in [2.24, 2.45) is 0 Å². The second-order valence-corrected chi connectivity index (χ2v) is 6.59. The van der Waals surface area contributed by atoms with Gasteiger partial charge in [-0.3, -0.25) is 16.1 Å². The molecule has 3 rings (SSSR count). The zero-order valence-electron chi connectivity index (χ0n) is 15.5. The summed E-state index contributed by atoms with van der Waals surface area (Å²) in [4.78, 5) is 26.3. The second-order valence-electron chi connectivity index (χ2n) is 5.94. The predicted octanol–water partition coefficient (Wildman–Crippen LogP) is 0.997. The van der Waals surface area contributed by atoms with Crippen molar-refractivity contribution in [1.82, 2.24) is 10.3 Å². The number of nitrogens with zero attached hydrogens (tertiary/aromatic N) is 1. The van der Waals surface area contributed by atoms with Gasteiger partial charge >= 0.3 is 35.5 Å². The van der Waals surface area contributed by atoms with Crippen LogP contribution in [0.5, 0.6) is 0 Å². The van der Waals surface area contributed by atoms with E-state index in [1.54, 1.807) is 42.5 Å². The van der Waals surface area contributed by atoms with Crippen molar-refractivity contribution in [1.29, 1.82) is 0 Å². The monoisotopic (exact) mass is 390 g/mol. The summed E-state index contributed by atoms with van der Waals surface area (Å²) in [5.74, 6) is -0.973. The van der Waals surface area contributed by atoms with Gasteiger partial charge in [-0.1, -0.05) is 42.1 Å². The summed E-state index contributed by atoms with van der Waals surface area (Å²) in [7, 11) is 0. The fraction of sp³-hybridized carbons (Fsp3) is 0.150. The molecule has 0 aliphatic rings. The molecule has 2 N–H and O–H groups in total. The molecule has 0 spiro atoms. The van der Waals surface area contributed by atoms with Crippen molar-refractivity contribution >= 4 is 23.2 Å². The van der Waals surface area contributed by atoms with E-state index >= 15 is 0 Å². The quantitative estimate of drug-likeness (QED) is 0.515. The smallest absolute Gasteiger partial charge is 0.478 e. The summed E-state index contributed by atoms with van der Waals surface area (Å²) >= 11 is 1.40. The van der Waals surface area contributed by atoms with Crippen molar-refractivity contribution in [2.75, 3.05) is 0 Å². The summed E-state index contributed by atoms with van der Waals surface area (Å²) in [6.45, 7) is 3.85. The Bertz CT molecular complexity index is 838. The number of carboxylic acids is 1. The Morgan fingerprint density at radius 3 is 1.93 bits per heavy atom. The maximum Gasteiger partial charge on any atom is 1.00 e. The van der Waals surface area contributed by atoms with E-state index in [1.165, 1.54) is 11.3 Å². The maximum absolute atomic E-state index is 12.0. The third-order valence-corrected chi connectivity index (χ3v) is 4.05. The van der Waals surface area contributed by atoms with E-state index in [0.29, 0.717) is 11.1 Å². The molecule has 0 aliphatic carbocycles. The Labute approximate surface area is 184 Å². The maximum atomic E-state index is 12.0. The van der Waals surface area contributed by atoms with E-state index in [4.69, 9.17) is 5.11 Å². The van der Waals surface area contributed by atoms with Crippen molar-refractivity contribution in [3.8, 4) is 0 Å². The van der Waals surface area contributed by atoms with Gasteiger partial charge in [0.1, 0.15) is 0 Å². The van der Waals surface area contributed by atoms with Crippen LogP contribution in [0.4, 0.5) is 0 Å². The third-order valence-electron chi connectivity index (χ3n) is 3.51. The van der Waals surface area contributed by atoms with E-state index in [0.717, 1.165) is 5.69 Å². The summed E-state index contributed by atoms with van der Waals surface area (Å²) in [5, 5.41) is 13.2. The summed E-state index contributed by atoms with van der Waals surface area (Å²) in [5.41, 5.74) is 4.12. The molecule has 0 fully saturated rings. The summed E-state index contributed by atoms with van der Waals surface area (Å²) < 4.78 is 0. The Balaban J connectivity index is 0.000000310. The number of carbonyl (C=O) groups is 2. The van der Waals surface area contributed by atoms with Gasteiger partial charge in [-0.2, -0.15) is 0 Å². The molecule has 7 heteroatoms. The number of rotatable bonds is 4. The van der Waals surface area contributed by atoms with Gasteiger partial charge in [-0.15, -0.1) is 5.38 Å². The van der Waals surface area contributed by atoms with Gasteiger partial charge in [0.25, 0.3) is 5.91 Å². The van der Waals surface area contributed by atoms with E-state index in [2.05, 4.69) is 15.8 Å². The molecule has 5 nitrogen and oxygen atoms in total. The van der Waals surface area contributed by atoms with Crippen LogP contribution in [-0.4, -0.2) is 22.0 Å². The predicted molar refractivity (Wildman–Crippen MR) is 101 cm³/mol. The van der Waals surface area contributed by atoms with Gasteiger partial charge in [0, 0.05) is 11.1 Å². The molecule has 134 valence electrons. The number of hydrogen-bond acceptors (Lipinski definition) is 4. The van der Waals surface area contributed by atoms with Crippen molar-refractivity contribution < 1.29 is 44.3 Å². The fourth-order valence-corrected chi connectivity index (χ4v) is 2.72. The molecule has 1 aromatic heterocycles. The van der Waals surface area contributed by atoms with Gasteiger partial charge in [0.2, 0.25) is 0 Å². The minimum Gasteiger partial charge on any atom is -0.478 e. The van der Waals surface area contributed by atoms with Crippen LogP contribution in [0.2, 0.25) is 0 Å². The normalized spacial score (nSPS) is 10.0. The van der Waals surface area contributed by atoms with Crippen LogP contribution in [0, 0.1) is 5.51 Å². The van der Waals surface area contributed by atoms with Crippen LogP contribution in [0.1, 0.15) is 40.3 Å². The molecule has 1 amide bonds. The number of amides is 1. The molecule has 0 bridgehead atoms. The minimum atomic E-state index is -0.879. The van der Waals surface area contributed by atoms with Crippen molar-refractivity contribution in [2.45, 2.75) is 19.4 Å². The topological polar surface area (TPSA) is 79.3 Å². The molecule has 2 aromatic carbocycles. The van der Waals surface area contributed by atoms with E-state index < -0.39 is 11.5 Å². The first-order chi connectivity index (χ1) is 12.4. The Kier molecular flexibility index (Phi) is 9.38. The molecular formula is C20H19N2NaO3S. The van der Waals surface area contributed by atoms with Crippen LogP contribution >= 0.6 is 11.3 Å². The SMILES string of the molecule is CC(C)(NC(=O)c1ccccc1)c1cs[c-]n1.O=C(O)c1ccccc1.[Na+]. The Morgan fingerprint density at radius 1 is 1.00 bits per heavy atom. The first kappa shape index (κ1) is 23.0. The number of carbonyl (C=O) groups excluding carboxylic acids is 1. The molecule has 0 atom stereocenters. The van der Waals surface area contributed by atoms with Gasteiger partial charge < -0.3 is 15.4 Å². The Morgan fingerprint density at radius 2 is 1.52 bits per heavy atom. The fourth-order valence-electron chi connectivity index (χ4n) is 2.06. The molecule has 27 heavy (non-hydrogen) atoms. The van der Waals surface area contributed by atoms with E-state index in [9.17, 15) is 9.59 Å². The van der Waals surface area contributed by atoms with Crippen LogP contribution < -0.4 is 34.9 Å². The van der Waals surface area contributed by atoms with Crippen molar-refractivity contribution in [3.05, 3.63) is 88.4 Å². The average Bonchev–Trinajstić information content (AvgIpc) is 3.19. The Hall–Kier alpha value is -1.99. The van der Waals surface area contributed by atoms with Gasteiger partial charge in [0.15, 0.2) is 0 Å². The number of carboxylic acid groups (broad SMARTS) is 1. The number of benzene rings is 2. The zero-order valence-corrected chi connectivity index (χ0v) is 18.3. The number of aromatic nitrogens is 1. The van der Waals surface area contributed by atoms with Crippen LogP contribution in [-0.2, 0) is 5.54 Å². The van der Waals surface area contributed by atoms with Gasteiger partial charge in [-0.25, -0.2) is 4.79 Å². The molecule has 1 heterocycles. The molecule has 3 aromatic rings. The third kappa shape index (κ3) is 7.27. The van der Waals surface area contributed by atoms with Crippen molar-refractivity contribution in [3.63, 3.8) is 0 Å². The number of nitrogens with one attached hydrogen (secondary N) is 1. The summed E-state index contributed by atoms with van der Waals surface area (Å²) in [6, 6.07) is 17.5. The van der Waals surface area contributed by atoms with E-state index in [1.807, 2.05) is 37.4 Å². The number of thiazole rings is 1. The standard InChI is InChI=1S/C13H13N2OS.C7H6O2.Na/c1-13(2,11-8-17-9-14-11)15-12(16)10-6-4-3-5-7-10;8-7(9)6-4-2-1-3-5-6;/h3-8H,1-2H3,(H,15,16);1-5H,(H,8,9);/q-1;;+1. The zero-order chi connectivity index (χ0) is 19.0. The molecule has 0 unspecified atom stereocenters. The minimum absolute atomic E-state index is 0. The first-order valence-corrected chi connectivity index (χ1v) is 8.76. The molecule has 0 saturated heterocycles. The van der Waals surface area contributed by atoms with Gasteiger partial charge in [0.05, 0.1) is 5.56 Å². The first-order valence-electron chi connectivity index (χ1n) is 7.88. The number of aromatic carboxylic acids is 1. The second kappa shape index (κ2) is 11.0. The molecule has 0 aliphatic heterocycles. The van der Waals surface area contributed by atoms with Crippen LogP contribution in [0.15, 0.2) is 66.0 Å². The van der Waals surface area contributed by atoms with Gasteiger partial charge in [-0.05, 0) is 43.6 Å². The summed E-state index contributed by atoms with van der Waals surface area (Å²) in [6.07, 6.45) is 0. The van der Waals surface area contributed by atoms with E-state index in [-0.39, 0.29) is 35.5 Å². The van der Waals surface area contributed by atoms with Crippen LogP contribution in [0.3, 0.4) is 0 Å². The number of hydrogen-bond donors (Lipinski definition) is 2. The molecule has 0 saturated carbocycles. The molecular weight excluding hydrogens is 371 g/mol. The molecule has 0 radical (unpaired) electrons. The largest absolute Gasteiger partial charge is 1.00 e. The van der Waals surface area contributed by atoms with Crippen LogP contribution in [0.25, 0.3) is 0 Å².